The molecule has 0 saturated heterocycles. The molecule has 16 heavy (non-hydrogen) atoms. The molecule has 0 saturated carbocycles. The van der Waals surface area contributed by atoms with Crippen LogP contribution < -0.4 is 4.74 Å². The van der Waals surface area contributed by atoms with Gasteiger partial charge in [-0.05, 0) is 30.4 Å². The fourth-order valence-corrected chi connectivity index (χ4v) is 2.11. The van der Waals surface area contributed by atoms with E-state index in [1.807, 2.05) is 18.2 Å². The van der Waals surface area contributed by atoms with Gasteiger partial charge in [-0.3, -0.25) is 0 Å². The predicted molar refractivity (Wildman–Crippen MR) is 60.8 cm³/mol. The van der Waals surface area contributed by atoms with Crippen molar-refractivity contribution in [3.8, 4) is 5.75 Å². The van der Waals surface area contributed by atoms with E-state index in [4.69, 9.17) is 9.84 Å². The Hall–Kier alpha value is -1.51. The smallest absolute Gasteiger partial charge is 0.344 e. The predicted octanol–water partition coefficient (Wildman–Crippen LogP) is 2.42. The highest BCUT2D eigenvalue weighted by molar-refractivity contribution is 5.73. The van der Waals surface area contributed by atoms with Gasteiger partial charge < -0.3 is 9.84 Å². The maximum Gasteiger partial charge on any atom is 0.344 e. The van der Waals surface area contributed by atoms with Crippen molar-refractivity contribution < 1.29 is 14.6 Å². The topological polar surface area (TPSA) is 46.5 Å². The van der Waals surface area contributed by atoms with E-state index >= 15 is 0 Å². The second-order valence-corrected chi connectivity index (χ2v) is 4.14. The molecule has 0 spiro atoms. The highest BCUT2D eigenvalue weighted by Gasteiger charge is 2.26. The maximum absolute atomic E-state index is 10.9. The van der Waals surface area contributed by atoms with Crippen LogP contribution in [0.25, 0.3) is 0 Å². The number of aryl methyl sites for hydroxylation is 2. The van der Waals surface area contributed by atoms with Crippen LogP contribution in [0.5, 0.6) is 5.75 Å². The van der Waals surface area contributed by atoms with Crippen LogP contribution in [0.1, 0.15) is 30.9 Å². The standard InChI is InChI=1S/C13H16O3/c1-2-4-9-5-3-6-10-7-8-11(13(14)15)16-12(9)10/h3,5-6,11H,2,4,7-8H2,1H3,(H,14,15). The van der Waals surface area contributed by atoms with E-state index < -0.39 is 12.1 Å². The van der Waals surface area contributed by atoms with E-state index in [9.17, 15) is 4.79 Å². The van der Waals surface area contributed by atoms with Gasteiger partial charge in [0.15, 0.2) is 6.10 Å². The number of carbonyl (C=O) groups is 1. The summed E-state index contributed by atoms with van der Waals surface area (Å²) in [6.07, 6.45) is 2.67. The van der Waals surface area contributed by atoms with Crippen molar-refractivity contribution in [2.75, 3.05) is 0 Å². The van der Waals surface area contributed by atoms with E-state index in [2.05, 4.69) is 6.92 Å². The zero-order valence-corrected chi connectivity index (χ0v) is 9.40. The molecule has 1 aliphatic heterocycles. The number of carboxylic acid groups (broad SMARTS) is 1. The summed E-state index contributed by atoms with van der Waals surface area (Å²) >= 11 is 0. The van der Waals surface area contributed by atoms with Crippen molar-refractivity contribution in [2.45, 2.75) is 38.7 Å². The number of para-hydroxylation sites is 1. The highest BCUT2D eigenvalue weighted by Crippen LogP contribution is 2.32. The van der Waals surface area contributed by atoms with E-state index in [1.54, 1.807) is 0 Å². The number of fused-ring (bicyclic) bond motifs is 1. The third kappa shape index (κ3) is 2.03. The fraction of sp³-hybridized carbons (Fsp3) is 0.462. The molecule has 0 amide bonds. The minimum atomic E-state index is -0.864. The molecule has 0 aromatic heterocycles. The van der Waals surface area contributed by atoms with Crippen LogP contribution in [0.4, 0.5) is 0 Å². The molecule has 1 aliphatic rings. The second kappa shape index (κ2) is 4.56. The Bertz CT molecular complexity index is 398. The molecule has 1 heterocycles. The normalized spacial score (nSPS) is 18.7. The molecule has 1 aromatic carbocycles. The van der Waals surface area contributed by atoms with Gasteiger partial charge in [-0.15, -0.1) is 0 Å². The Labute approximate surface area is 95.0 Å². The van der Waals surface area contributed by atoms with Gasteiger partial charge in [0.2, 0.25) is 0 Å². The van der Waals surface area contributed by atoms with Gasteiger partial charge in [-0.1, -0.05) is 31.5 Å². The number of ether oxygens (including phenoxy) is 1. The largest absolute Gasteiger partial charge is 0.479 e. The molecule has 0 aliphatic carbocycles. The first kappa shape index (κ1) is 11.0. The maximum atomic E-state index is 10.9. The molecule has 2 rings (SSSR count). The number of aliphatic carboxylic acids is 1. The lowest BCUT2D eigenvalue weighted by molar-refractivity contribution is -0.145. The Balaban J connectivity index is 2.30. The first-order valence-corrected chi connectivity index (χ1v) is 5.72. The molecule has 86 valence electrons. The average Bonchev–Trinajstić information content (AvgIpc) is 2.29. The number of carboxylic acids is 1. The summed E-state index contributed by atoms with van der Waals surface area (Å²) in [6.45, 7) is 2.11. The van der Waals surface area contributed by atoms with Crippen molar-refractivity contribution in [1.82, 2.24) is 0 Å². The zero-order valence-electron chi connectivity index (χ0n) is 9.40. The molecule has 1 N–H and O–H groups in total. The SMILES string of the molecule is CCCc1cccc2c1OC(C(=O)O)CC2. The van der Waals surface area contributed by atoms with Gasteiger partial charge >= 0.3 is 5.97 Å². The highest BCUT2D eigenvalue weighted by atomic mass is 16.5. The summed E-state index contributed by atoms with van der Waals surface area (Å²) in [5, 5.41) is 8.96. The van der Waals surface area contributed by atoms with Gasteiger partial charge in [0.25, 0.3) is 0 Å². The van der Waals surface area contributed by atoms with Crippen molar-refractivity contribution in [3.63, 3.8) is 0 Å². The van der Waals surface area contributed by atoms with Crippen LogP contribution in [0.2, 0.25) is 0 Å². The van der Waals surface area contributed by atoms with E-state index in [-0.39, 0.29) is 0 Å². The third-order valence-electron chi connectivity index (χ3n) is 2.91. The molecule has 0 bridgehead atoms. The van der Waals surface area contributed by atoms with Crippen molar-refractivity contribution in [3.05, 3.63) is 29.3 Å². The van der Waals surface area contributed by atoms with Crippen LogP contribution in [-0.2, 0) is 17.6 Å². The molecule has 0 radical (unpaired) electrons. The average molecular weight is 220 g/mol. The first-order valence-electron chi connectivity index (χ1n) is 5.72. The quantitative estimate of drug-likeness (QED) is 0.850. The van der Waals surface area contributed by atoms with Gasteiger partial charge in [0, 0.05) is 0 Å². The lowest BCUT2D eigenvalue weighted by Crippen LogP contribution is -2.31. The number of benzene rings is 1. The van der Waals surface area contributed by atoms with Crippen LogP contribution >= 0.6 is 0 Å². The third-order valence-corrected chi connectivity index (χ3v) is 2.91. The fourth-order valence-electron chi connectivity index (χ4n) is 2.11. The van der Waals surface area contributed by atoms with Crippen molar-refractivity contribution in [1.29, 1.82) is 0 Å². The van der Waals surface area contributed by atoms with Crippen LogP contribution in [-0.4, -0.2) is 17.2 Å². The lowest BCUT2D eigenvalue weighted by Gasteiger charge is -2.25. The summed E-state index contributed by atoms with van der Waals surface area (Å²) < 4.78 is 5.58. The summed E-state index contributed by atoms with van der Waals surface area (Å²) in [7, 11) is 0. The molecule has 0 fully saturated rings. The molecular formula is C13H16O3. The molecule has 3 heteroatoms. The summed E-state index contributed by atoms with van der Waals surface area (Å²) in [5.74, 6) is -0.0556. The van der Waals surface area contributed by atoms with E-state index in [0.717, 1.165) is 36.1 Å². The van der Waals surface area contributed by atoms with E-state index in [1.165, 1.54) is 0 Å². The summed E-state index contributed by atoms with van der Waals surface area (Å²) in [6, 6.07) is 6.06. The molecule has 1 aromatic rings. The Morgan fingerprint density at radius 1 is 1.56 bits per heavy atom. The minimum absolute atomic E-state index is 0.567. The van der Waals surface area contributed by atoms with Gasteiger partial charge in [-0.25, -0.2) is 4.79 Å². The second-order valence-electron chi connectivity index (χ2n) is 4.14. The van der Waals surface area contributed by atoms with Crippen LogP contribution in [0.15, 0.2) is 18.2 Å². The lowest BCUT2D eigenvalue weighted by atomic mass is 9.97. The van der Waals surface area contributed by atoms with Gasteiger partial charge in [0.1, 0.15) is 5.75 Å². The Morgan fingerprint density at radius 2 is 2.38 bits per heavy atom. The Kier molecular flexibility index (Phi) is 3.13. The van der Waals surface area contributed by atoms with Crippen molar-refractivity contribution in [2.24, 2.45) is 0 Å². The molecule has 3 nitrogen and oxygen atoms in total. The van der Waals surface area contributed by atoms with E-state index in [0.29, 0.717) is 6.42 Å². The first-order chi connectivity index (χ1) is 7.72. The Morgan fingerprint density at radius 3 is 3.06 bits per heavy atom. The molecular weight excluding hydrogens is 204 g/mol. The van der Waals surface area contributed by atoms with Crippen molar-refractivity contribution >= 4 is 5.97 Å². The number of hydrogen-bond acceptors (Lipinski definition) is 2. The molecule has 1 unspecified atom stereocenters. The monoisotopic (exact) mass is 220 g/mol. The van der Waals surface area contributed by atoms with Crippen LogP contribution in [0, 0.1) is 0 Å². The summed E-state index contributed by atoms with van der Waals surface area (Å²) in [5.41, 5.74) is 2.27. The summed E-state index contributed by atoms with van der Waals surface area (Å²) in [4.78, 5) is 10.9. The number of rotatable bonds is 3. The zero-order chi connectivity index (χ0) is 11.5. The van der Waals surface area contributed by atoms with Gasteiger partial charge in [-0.2, -0.15) is 0 Å². The van der Waals surface area contributed by atoms with Gasteiger partial charge in [0.05, 0.1) is 0 Å². The molecule has 1 atom stereocenters. The minimum Gasteiger partial charge on any atom is -0.479 e. The number of hydrogen-bond donors (Lipinski definition) is 1. The van der Waals surface area contributed by atoms with Crippen LogP contribution in [0.3, 0.4) is 0 Å².